The Labute approximate surface area is 122 Å². The van der Waals surface area contributed by atoms with Crippen LogP contribution >= 0.6 is 11.3 Å². The third kappa shape index (κ3) is 3.93. The Balaban J connectivity index is 2.01. The largest absolute Gasteiger partial charge is 0.469 e. The summed E-state index contributed by atoms with van der Waals surface area (Å²) in [5.74, 6) is -0.274. The molecule has 0 aliphatic heterocycles. The second kappa shape index (κ2) is 7.24. The molecular weight excluding hydrogens is 274 g/mol. The van der Waals surface area contributed by atoms with Gasteiger partial charge in [0.25, 0.3) is 0 Å². The molecule has 20 heavy (non-hydrogen) atoms. The molecule has 1 aromatic rings. The Bertz CT molecular complexity index is 481. The third-order valence-electron chi connectivity index (χ3n) is 3.44. The number of rotatable bonds is 5. The van der Waals surface area contributed by atoms with E-state index in [-0.39, 0.29) is 30.3 Å². The lowest BCUT2D eigenvalue weighted by atomic mass is 9.93. The number of methoxy groups -OCH3 is 1. The van der Waals surface area contributed by atoms with Crippen LogP contribution in [0.25, 0.3) is 0 Å². The van der Waals surface area contributed by atoms with E-state index in [9.17, 15) is 9.59 Å². The topological polar surface area (TPSA) is 55.4 Å². The summed E-state index contributed by atoms with van der Waals surface area (Å²) in [4.78, 5) is 24.8. The number of hydrogen-bond donors (Lipinski definition) is 1. The van der Waals surface area contributed by atoms with Gasteiger partial charge in [-0.15, -0.1) is 11.3 Å². The summed E-state index contributed by atoms with van der Waals surface area (Å²) < 4.78 is 4.71. The maximum Gasteiger partial charge on any atom is 0.307 e. The predicted octanol–water partition coefficient (Wildman–Crippen LogP) is 2.82. The molecule has 0 saturated carbocycles. The summed E-state index contributed by atoms with van der Waals surface area (Å²) in [5.41, 5.74) is 0. The zero-order chi connectivity index (χ0) is 14.4. The van der Waals surface area contributed by atoms with E-state index in [2.05, 4.69) is 11.4 Å². The number of nitrogens with one attached hydrogen (secondary N) is 1. The Morgan fingerprint density at radius 1 is 1.50 bits per heavy atom. The van der Waals surface area contributed by atoms with Crippen LogP contribution in [0, 0.1) is 5.92 Å². The molecular formula is C15H19NO3S. The van der Waals surface area contributed by atoms with Gasteiger partial charge in [0.2, 0.25) is 5.91 Å². The molecule has 0 radical (unpaired) electrons. The van der Waals surface area contributed by atoms with Crippen molar-refractivity contribution in [1.29, 1.82) is 0 Å². The smallest absolute Gasteiger partial charge is 0.307 e. The minimum atomic E-state index is -0.313. The van der Waals surface area contributed by atoms with Crippen molar-refractivity contribution >= 4 is 23.2 Å². The van der Waals surface area contributed by atoms with E-state index in [0.717, 1.165) is 24.1 Å². The standard InChI is InChI=1S/C15H19NO3S/c1-19-14(17)10-12(13-8-5-9-20-13)16-15(18)11-6-3-2-4-7-11/h2-3,5,8-9,11-12H,4,6-7,10H2,1H3,(H,16,18)/t11-,12-/m1/s1. The third-order valence-corrected chi connectivity index (χ3v) is 4.43. The molecule has 2 atom stereocenters. The van der Waals surface area contributed by atoms with Crippen molar-refractivity contribution in [2.75, 3.05) is 7.11 Å². The molecule has 1 aliphatic rings. The van der Waals surface area contributed by atoms with Gasteiger partial charge in [-0.1, -0.05) is 18.2 Å². The van der Waals surface area contributed by atoms with E-state index >= 15 is 0 Å². The SMILES string of the molecule is COC(=O)C[C@@H](NC(=O)[C@@H]1CC=CCC1)c1cccs1. The van der Waals surface area contributed by atoms with Gasteiger partial charge in [0.1, 0.15) is 0 Å². The number of allylic oxidation sites excluding steroid dienone is 2. The summed E-state index contributed by atoms with van der Waals surface area (Å²) >= 11 is 1.54. The Morgan fingerprint density at radius 2 is 2.35 bits per heavy atom. The molecule has 1 heterocycles. The van der Waals surface area contributed by atoms with Gasteiger partial charge in [0, 0.05) is 10.8 Å². The summed E-state index contributed by atoms with van der Waals surface area (Å²) in [5, 5.41) is 4.93. The van der Waals surface area contributed by atoms with Crippen LogP contribution in [0.1, 0.15) is 36.6 Å². The fraction of sp³-hybridized carbons (Fsp3) is 0.467. The summed E-state index contributed by atoms with van der Waals surface area (Å²) in [6, 6.07) is 3.56. The van der Waals surface area contributed by atoms with Gasteiger partial charge < -0.3 is 10.1 Å². The molecule has 0 fully saturated rings. The molecule has 5 heteroatoms. The first-order valence-corrected chi connectivity index (χ1v) is 7.64. The van der Waals surface area contributed by atoms with Crippen molar-refractivity contribution in [2.45, 2.75) is 31.7 Å². The van der Waals surface area contributed by atoms with Crippen molar-refractivity contribution in [1.82, 2.24) is 5.32 Å². The van der Waals surface area contributed by atoms with Gasteiger partial charge in [-0.3, -0.25) is 9.59 Å². The van der Waals surface area contributed by atoms with Gasteiger partial charge >= 0.3 is 5.97 Å². The maximum absolute atomic E-state index is 12.3. The predicted molar refractivity (Wildman–Crippen MR) is 78.3 cm³/mol. The second-order valence-electron chi connectivity index (χ2n) is 4.84. The lowest BCUT2D eigenvalue weighted by molar-refractivity contribution is -0.141. The fourth-order valence-electron chi connectivity index (χ4n) is 2.28. The van der Waals surface area contributed by atoms with Crippen LogP contribution < -0.4 is 5.32 Å². The van der Waals surface area contributed by atoms with Gasteiger partial charge in [-0.2, -0.15) is 0 Å². The minimum absolute atomic E-state index is 0.0140. The highest BCUT2D eigenvalue weighted by Crippen LogP contribution is 2.25. The fourth-order valence-corrected chi connectivity index (χ4v) is 3.06. The van der Waals surface area contributed by atoms with Gasteiger partial charge in [0.05, 0.1) is 19.6 Å². The van der Waals surface area contributed by atoms with Crippen LogP contribution in [-0.4, -0.2) is 19.0 Å². The normalized spacial score (nSPS) is 19.4. The number of thiophene rings is 1. The van der Waals surface area contributed by atoms with Gasteiger partial charge in [0.15, 0.2) is 0 Å². The number of hydrogen-bond acceptors (Lipinski definition) is 4. The van der Waals surface area contributed by atoms with Crippen molar-refractivity contribution in [3.05, 3.63) is 34.5 Å². The van der Waals surface area contributed by atoms with Crippen molar-refractivity contribution in [2.24, 2.45) is 5.92 Å². The molecule has 4 nitrogen and oxygen atoms in total. The average molecular weight is 293 g/mol. The molecule has 0 spiro atoms. The quantitative estimate of drug-likeness (QED) is 0.671. The number of carbonyl (C=O) groups excluding carboxylic acids is 2. The Kier molecular flexibility index (Phi) is 5.35. The van der Waals surface area contributed by atoms with Crippen LogP contribution in [0.4, 0.5) is 0 Å². The first kappa shape index (κ1) is 14.8. The van der Waals surface area contributed by atoms with Crippen molar-refractivity contribution in [3.8, 4) is 0 Å². The second-order valence-corrected chi connectivity index (χ2v) is 5.82. The van der Waals surface area contributed by atoms with Crippen molar-refractivity contribution in [3.63, 3.8) is 0 Å². The molecule has 1 amide bonds. The van der Waals surface area contributed by atoms with Crippen LogP contribution in [0.3, 0.4) is 0 Å². The molecule has 0 bridgehead atoms. The highest BCUT2D eigenvalue weighted by Gasteiger charge is 2.24. The molecule has 108 valence electrons. The number of esters is 1. The van der Waals surface area contributed by atoms with E-state index in [1.54, 1.807) is 0 Å². The molecule has 1 N–H and O–H groups in total. The first-order valence-electron chi connectivity index (χ1n) is 6.76. The molecule has 0 aromatic carbocycles. The van der Waals surface area contributed by atoms with Gasteiger partial charge in [-0.05, 0) is 30.7 Å². The van der Waals surface area contributed by atoms with Crippen LogP contribution in [-0.2, 0) is 14.3 Å². The van der Waals surface area contributed by atoms with Crippen LogP contribution in [0.2, 0.25) is 0 Å². The lowest BCUT2D eigenvalue weighted by Gasteiger charge is -2.22. The van der Waals surface area contributed by atoms with E-state index in [4.69, 9.17) is 4.74 Å². The van der Waals surface area contributed by atoms with Crippen molar-refractivity contribution < 1.29 is 14.3 Å². The van der Waals surface area contributed by atoms with E-state index in [1.165, 1.54) is 18.4 Å². The highest BCUT2D eigenvalue weighted by atomic mass is 32.1. The van der Waals surface area contributed by atoms with E-state index < -0.39 is 0 Å². The number of ether oxygens (including phenoxy) is 1. The summed E-state index contributed by atoms with van der Waals surface area (Å²) in [7, 11) is 1.36. The zero-order valence-electron chi connectivity index (χ0n) is 11.5. The monoisotopic (exact) mass is 293 g/mol. The molecule has 1 aromatic heterocycles. The molecule has 2 rings (SSSR count). The van der Waals surface area contributed by atoms with Crippen LogP contribution in [0.5, 0.6) is 0 Å². The Morgan fingerprint density at radius 3 is 2.95 bits per heavy atom. The summed E-state index contributed by atoms with van der Waals surface area (Å²) in [6.45, 7) is 0. The van der Waals surface area contributed by atoms with Crippen LogP contribution in [0.15, 0.2) is 29.7 Å². The molecule has 1 aliphatic carbocycles. The lowest BCUT2D eigenvalue weighted by Crippen LogP contribution is -2.35. The molecule has 0 saturated heterocycles. The Hall–Kier alpha value is -1.62. The number of carbonyl (C=O) groups is 2. The highest BCUT2D eigenvalue weighted by molar-refractivity contribution is 7.10. The zero-order valence-corrected chi connectivity index (χ0v) is 12.3. The summed E-state index contributed by atoms with van der Waals surface area (Å²) in [6.07, 6.45) is 6.92. The average Bonchev–Trinajstić information content (AvgIpc) is 3.01. The van der Waals surface area contributed by atoms with E-state index in [0.29, 0.717) is 0 Å². The molecule has 0 unspecified atom stereocenters. The maximum atomic E-state index is 12.3. The number of amides is 1. The minimum Gasteiger partial charge on any atom is -0.469 e. The first-order chi connectivity index (χ1) is 9.70. The van der Waals surface area contributed by atoms with Gasteiger partial charge in [-0.25, -0.2) is 0 Å². The van der Waals surface area contributed by atoms with E-state index in [1.807, 2.05) is 23.6 Å².